The minimum Gasteiger partial charge on any atom is -0.294 e. The summed E-state index contributed by atoms with van der Waals surface area (Å²) in [5, 5.41) is 6.87. The van der Waals surface area contributed by atoms with E-state index in [-0.39, 0.29) is 11.7 Å². The Morgan fingerprint density at radius 3 is 3.00 bits per heavy atom. The topological polar surface area (TPSA) is 45.8 Å². The molecule has 2 rings (SSSR count). The van der Waals surface area contributed by atoms with Crippen LogP contribution in [0.15, 0.2) is 0 Å². The molecule has 0 aromatic carbocycles. The summed E-state index contributed by atoms with van der Waals surface area (Å²) in [6, 6.07) is 0. The Hall–Kier alpha value is -1.12. The number of aromatic nitrogens is 2. The van der Waals surface area contributed by atoms with E-state index in [1.807, 2.05) is 13.8 Å². The number of Topliss-reactive ketones (excluding diaryl/α,β-unsaturated/α-hetero) is 1. The van der Waals surface area contributed by atoms with Crippen LogP contribution in [-0.4, -0.2) is 16.0 Å². The molecule has 0 radical (unpaired) electrons. The molecule has 1 unspecified atom stereocenters. The van der Waals surface area contributed by atoms with Crippen LogP contribution in [0.5, 0.6) is 0 Å². The molecule has 0 spiro atoms. The number of aromatic amines is 1. The molecule has 1 aliphatic carbocycles. The van der Waals surface area contributed by atoms with E-state index in [4.69, 9.17) is 0 Å². The van der Waals surface area contributed by atoms with Crippen molar-refractivity contribution in [3.05, 3.63) is 17.0 Å². The molecule has 1 aliphatic rings. The van der Waals surface area contributed by atoms with E-state index in [0.29, 0.717) is 0 Å². The molecule has 1 aromatic heterocycles. The van der Waals surface area contributed by atoms with E-state index in [1.165, 1.54) is 0 Å². The van der Waals surface area contributed by atoms with Crippen LogP contribution >= 0.6 is 0 Å². The zero-order valence-corrected chi connectivity index (χ0v) is 6.64. The maximum absolute atomic E-state index is 11.4. The molecular formula is C8H10N2O. The molecule has 0 saturated carbocycles. The Balaban J connectivity index is 2.58. The second kappa shape index (κ2) is 1.94. The van der Waals surface area contributed by atoms with Crippen molar-refractivity contribution in [3.8, 4) is 0 Å². The van der Waals surface area contributed by atoms with E-state index in [1.54, 1.807) is 0 Å². The highest BCUT2D eigenvalue weighted by Gasteiger charge is 2.30. The van der Waals surface area contributed by atoms with Gasteiger partial charge in [0.15, 0.2) is 5.78 Å². The first-order valence-electron chi connectivity index (χ1n) is 3.78. The fourth-order valence-electron chi connectivity index (χ4n) is 1.58. The average molecular weight is 150 g/mol. The molecule has 3 heteroatoms. The number of fused-ring (bicyclic) bond motifs is 1. The van der Waals surface area contributed by atoms with E-state index in [0.717, 1.165) is 23.4 Å². The summed E-state index contributed by atoms with van der Waals surface area (Å²) in [6.45, 7) is 3.84. The molecule has 1 heterocycles. The highest BCUT2D eigenvalue weighted by molar-refractivity contribution is 6.02. The fraction of sp³-hybridized carbons (Fsp3) is 0.500. The number of nitrogens with zero attached hydrogens (tertiary/aromatic N) is 1. The molecule has 1 atom stereocenters. The molecule has 1 N–H and O–H groups in total. The molecule has 1 aromatic rings. The van der Waals surface area contributed by atoms with Crippen LogP contribution in [0.3, 0.4) is 0 Å². The van der Waals surface area contributed by atoms with Gasteiger partial charge in [-0.3, -0.25) is 9.89 Å². The lowest BCUT2D eigenvalue weighted by atomic mass is 10.1. The number of ketones is 1. The van der Waals surface area contributed by atoms with Crippen LogP contribution in [0.25, 0.3) is 0 Å². The van der Waals surface area contributed by atoms with Crippen LogP contribution in [0.1, 0.15) is 28.7 Å². The molecular weight excluding hydrogens is 140 g/mol. The first-order chi connectivity index (χ1) is 5.20. The smallest absolute Gasteiger partial charge is 0.169 e. The normalized spacial score (nSPS) is 22.4. The van der Waals surface area contributed by atoms with Crippen LogP contribution in [-0.2, 0) is 6.42 Å². The lowest BCUT2D eigenvalue weighted by Crippen LogP contribution is -2.05. The molecule has 11 heavy (non-hydrogen) atoms. The van der Waals surface area contributed by atoms with Gasteiger partial charge in [0.25, 0.3) is 0 Å². The third-order valence-electron chi connectivity index (χ3n) is 2.22. The van der Waals surface area contributed by atoms with Crippen molar-refractivity contribution < 1.29 is 4.79 Å². The SMILES string of the molecule is Cc1[nH]nc2c1C(=O)C(C)C2. The van der Waals surface area contributed by atoms with Crippen molar-refractivity contribution in [1.29, 1.82) is 0 Å². The Kier molecular flexibility index (Phi) is 1.16. The van der Waals surface area contributed by atoms with Gasteiger partial charge in [-0.2, -0.15) is 5.10 Å². The third kappa shape index (κ3) is 0.737. The number of nitrogens with one attached hydrogen (secondary N) is 1. The average Bonchev–Trinajstić information content (AvgIpc) is 2.41. The van der Waals surface area contributed by atoms with Crippen molar-refractivity contribution in [2.75, 3.05) is 0 Å². The third-order valence-corrected chi connectivity index (χ3v) is 2.22. The maximum Gasteiger partial charge on any atom is 0.169 e. The van der Waals surface area contributed by atoms with Gasteiger partial charge in [-0.1, -0.05) is 6.92 Å². The van der Waals surface area contributed by atoms with Crippen LogP contribution in [0.4, 0.5) is 0 Å². The fourth-order valence-corrected chi connectivity index (χ4v) is 1.58. The quantitative estimate of drug-likeness (QED) is 0.601. The van der Waals surface area contributed by atoms with Gasteiger partial charge in [0.1, 0.15) is 0 Å². The van der Waals surface area contributed by atoms with Gasteiger partial charge >= 0.3 is 0 Å². The van der Waals surface area contributed by atoms with Gasteiger partial charge in [0, 0.05) is 18.0 Å². The summed E-state index contributed by atoms with van der Waals surface area (Å²) in [5.41, 5.74) is 2.69. The van der Waals surface area contributed by atoms with Crippen LogP contribution in [0.2, 0.25) is 0 Å². The summed E-state index contributed by atoms with van der Waals surface area (Å²) < 4.78 is 0. The van der Waals surface area contributed by atoms with Gasteiger partial charge in [0.2, 0.25) is 0 Å². The Labute approximate surface area is 64.8 Å². The summed E-state index contributed by atoms with van der Waals surface area (Å²) >= 11 is 0. The van der Waals surface area contributed by atoms with Gasteiger partial charge in [-0.25, -0.2) is 0 Å². The first-order valence-corrected chi connectivity index (χ1v) is 3.78. The lowest BCUT2D eigenvalue weighted by Gasteiger charge is -1.95. The molecule has 0 saturated heterocycles. The first kappa shape index (κ1) is 6.58. The van der Waals surface area contributed by atoms with Crippen molar-refractivity contribution in [2.45, 2.75) is 20.3 Å². The van der Waals surface area contributed by atoms with E-state index < -0.39 is 0 Å². The number of rotatable bonds is 0. The number of hydrogen-bond donors (Lipinski definition) is 1. The van der Waals surface area contributed by atoms with Crippen molar-refractivity contribution >= 4 is 5.78 Å². The minimum absolute atomic E-state index is 0.140. The van der Waals surface area contributed by atoms with E-state index in [9.17, 15) is 4.79 Å². The minimum atomic E-state index is 0.140. The lowest BCUT2D eigenvalue weighted by molar-refractivity contribution is 0.0945. The Bertz CT molecular complexity index is 314. The Morgan fingerprint density at radius 2 is 2.36 bits per heavy atom. The molecule has 3 nitrogen and oxygen atoms in total. The maximum atomic E-state index is 11.4. The molecule has 0 amide bonds. The van der Waals surface area contributed by atoms with Crippen molar-refractivity contribution in [1.82, 2.24) is 10.2 Å². The molecule has 58 valence electrons. The number of aryl methyl sites for hydroxylation is 1. The van der Waals surface area contributed by atoms with Crippen molar-refractivity contribution in [3.63, 3.8) is 0 Å². The summed E-state index contributed by atoms with van der Waals surface area (Å²) in [4.78, 5) is 11.4. The second-order valence-corrected chi connectivity index (χ2v) is 3.14. The standard InChI is InChI=1S/C8H10N2O/c1-4-3-6-7(8(4)11)5(2)9-10-6/h4H,3H2,1-2H3,(H,9,10). The van der Waals surface area contributed by atoms with Gasteiger partial charge in [-0.15, -0.1) is 0 Å². The van der Waals surface area contributed by atoms with Gasteiger partial charge < -0.3 is 0 Å². The van der Waals surface area contributed by atoms with Crippen LogP contribution < -0.4 is 0 Å². The second-order valence-electron chi connectivity index (χ2n) is 3.14. The van der Waals surface area contributed by atoms with Gasteiger partial charge in [-0.05, 0) is 6.92 Å². The van der Waals surface area contributed by atoms with Crippen molar-refractivity contribution in [2.24, 2.45) is 5.92 Å². The number of hydrogen-bond acceptors (Lipinski definition) is 2. The summed E-state index contributed by atoms with van der Waals surface area (Å²) in [5.74, 6) is 0.382. The van der Waals surface area contributed by atoms with E-state index in [2.05, 4.69) is 10.2 Å². The Morgan fingerprint density at radius 1 is 1.64 bits per heavy atom. The predicted octanol–water partition coefficient (Wildman–Crippen LogP) is 1.09. The molecule has 0 bridgehead atoms. The highest BCUT2D eigenvalue weighted by atomic mass is 16.1. The largest absolute Gasteiger partial charge is 0.294 e. The zero-order valence-electron chi connectivity index (χ0n) is 6.64. The monoisotopic (exact) mass is 150 g/mol. The number of H-pyrrole nitrogens is 1. The number of carbonyl (C=O) groups excluding carboxylic acids is 1. The highest BCUT2D eigenvalue weighted by Crippen LogP contribution is 2.26. The van der Waals surface area contributed by atoms with E-state index >= 15 is 0 Å². The van der Waals surface area contributed by atoms with Gasteiger partial charge in [0.05, 0.1) is 11.3 Å². The van der Waals surface area contributed by atoms with Crippen LogP contribution in [0, 0.1) is 12.8 Å². The molecule has 0 fully saturated rings. The predicted molar refractivity (Wildman–Crippen MR) is 40.5 cm³/mol. The summed E-state index contributed by atoms with van der Waals surface area (Å²) in [6.07, 6.45) is 0.804. The zero-order chi connectivity index (χ0) is 8.01. The number of carbonyl (C=O) groups is 1. The summed E-state index contributed by atoms with van der Waals surface area (Å²) in [7, 11) is 0. The molecule has 0 aliphatic heterocycles.